The van der Waals surface area contributed by atoms with Crippen LogP contribution < -0.4 is 14.7 Å². The molecule has 0 atom stereocenters. The zero-order valence-corrected chi connectivity index (χ0v) is 16.9. The van der Waals surface area contributed by atoms with Crippen LogP contribution in [0.4, 0.5) is 17.3 Å². The summed E-state index contributed by atoms with van der Waals surface area (Å²) < 4.78 is 5.57. The lowest BCUT2D eigenvalue weighted by Crippen LogP contribution is -2.47. The molecule has 29 heavy (non-hydrogen) atoms. The van der Waals surface area contributed by atoms with E-state index in [0.29, 0.717) is 6.61 Å². The van der Waals surface area contributed by atoms with Crippen molar-refractivity contribution in [2.24, 2.45) is 0 Å². The van der Waals surface area contributed by atoms with Gasteiger partial charge in [0.05, 0.1) is 24.4 Å². The van der Waals surface area contributed by atoms with Gasteiger partial charge in [-0.3, -0.25) is 0 Å². The van der Waals surface area contributed by atoms with E-state index in [2.05, 4.69) is 54.2 Å². The van der Waals surface area contributed by atoms with Crippen LogP contribution in [-0.2, 0) is 17.8 Å². The van der Waals surface area contributed by atoms with Gasteiger partial charge >= 0.3 is 0 Å². The quantitative estimate of drug-likeness (QED) is 0.670. The molecule has 0 aliphatic carbocycles. The summed E-state index contributed by atoms with van der Waals surface area (Å²) in [6, 6.07) is 8.59. The first-order valence-electron chi connectivity index (χ1n) is 10.0. The van der Waals surface area contributed by atoms with E-state index in [1.54, 1.807) is 6.33 Å². The van der Waals surface area contributed by atoms with Gasteiger partial charge in [-0.1, -0.05) is 0 Å². The highest BCUT2D eigenvalue weighted by Crippen LogP contribution is 2.28. The first kappa shape index (κ1) is 18.1. The summed E-state index contributed by atoms with van der Waals surface area (Å²) in [5, 5.41) is 9.97. The molecule has 0 N–H and O–H groups in total. The maximum absolute atomic E-state index is 5.57. The van der Waals surface area contributed by atoms with Crippen molar-refractivity contribution in [3.8, 4) is 0 Å². The Morgan fingerprint density at radius 3 is 2.62 bits per heavy atom. The number of ether oxygens (including phenoxy) is 1. The summed E-state index contributed by atoms with van der Waals surface area (Å²) in [4.78, 5) is 15.6. The Bertz CT molecular complexity index is 1030. The fourth-order valence-corrected chi connectivity index (χ4v) is 4.06. The van der Waals surface area contributed by atoms with Crippen LogP contribution in [-0.4, -0.2) is 67.0 Å². The van der Waals surface area contributed by atoms with Crippen LogP contribution in [0.1, 0.15) is 11.3 Å². The molecule has 1 fully saturated rings. The van der Waals surface area contributed by atoms with Crippen molar-refractivity contribution in [3.05, 3.63) is 41.9 Å². The van der Waals surface area contributed by atoms with E-state index in [9.17, 15) is 0 Å². The molecular formula is C21H25N7O. The molecule has 1 aromatic carbocycles. The number of benzene rings is 1. The van der Waals surface area contributed by atoms with Gasteiger partial charge in [0.1, 0.15) is 12.1 Å². The molecular weight excluding hydrogens is 366 g/mol. The molecule has 0 saturated carbocycles. The third-order valence-corrected chi connectivity index (χ3v) is 5.68. The smallest absolute Gasteiger partial charge is 0.151 e. The van der Waals surface area contributed by atoms with E-state index in [4.69, 9.17) is 4.74 Å². The van der Waals surface area contributed by atoms with E-state index >= 15 is 0 Å². The van der Waals surface area contributed by atoms with E-state index in [1.165, 1.54) is 11.3 Å². The highest BCUT2D eigenvalue weighted by Gasteiger charge is 2.21. The van der Waals surface area contributed by atoms with Crippen LogP contribution in [0.15, 0.2) is 30.6 Å². The molecule has 2 aliphatic heterocycles. The normalized spacial score (nSPS) is 16.8. The minimum atomic E-state index is 0.644. The van der Waals surface area contributed by atoms with E-state index in [1.807, 2.05) is 19.0 Å². The molecule has 4 heterocycles. The second-order valence-corrected chi connectivity index (χ2v) is 7.74. The fourth-order valence-electron chi connectivity index (χ4n) is 4.06. The van der Waals surface area contributed by atoms with Gasteiger partial charge in [-0.05, 0) is 24.3 Å². The first-order valence-corrected chi connectivity index (χ1v) is 10.0. The Kier molecular flexibility index (Phi) is 4.63. The van der Waals surface area contributed by atoms with Crippen LogP contribution in [0.2, 0.25) is 0 Å². The SMILES string of the molecule is CN(C)c1ncnc2ccc(N3CCN(c4cc5c(nn4)CCOC5)CC3)cc12. The maximum atomic E-state index is 5.57. The molecule has 0 radical (unpaired) electrons. The Morgan fingerprint density at radius 1 is 0.966 bits per heavy atom. The van der Waals surface area contributed by atoms with Crippen molar-refractivity contribution in [3.63, 3.8) is 0 Å². The van der Waals surface area contributed by atoms with Gasteiger partial charge in [0.15, 0.2) is 5.82 Å². The Balaban J connectivity index is 1.33. The average Bonchev–Trinajstić information content (AvgIpc) is 2.78. The number of piperazine rings is 1. The molecule has 5 rings (SSSR count). The Morgan fingerprint density at radius 2 is 1.79 bits per heavy atom. The molecule has 0 bridgehead atoms. The van der Waals surface area contributed by atoms with Crippen LogP contribution in [0.5, 0.6) is 0 Å². The molecule has 3 aromatic rings. The number of hydrogen-bond acceptors (Lipinski definition) is 8. The number of hydrogen-bond donors (Lipinski definition) is 0. The summed E-state index contributed by atoms with van der Waals surface area (Å²) in [6.07, 6.45) is 2.48. The topological polar surface area (TPSA) is 70.5 Å². The van der Waals surface area contributed by atoms with Crippen molar-refractivity contribution >= 4 is 28.2 Å². The summed E-state index contributed by atoms with van der Waals surface area (Å²) in [5.74, 6) is 1.90. The zero-order valence-electron chi connectivity index (χ0n) is 16.9. The minimum absolute atomic E-state index is 0.644. The number of anilines is 3. The predicted octanol–water partition coefficient (Wildman–Crippen LogP) is 1.89. The molecule has 2 aliphatic rings. The van der Waals surface area contributed by atoms with Crippen molar-refractivity contribution in [2.45, 2.75) is 13.0 Å². The predicted molar refractivity (Wildman–Crippen MR) is 114 cm³/mol. The fraction of sp³-hybridized carbons (Fsp3) is 0.429. The number of aromatic nitrogens is 4. The summed E-state index contributed by atoms with van der Waals surface area (Å²) in [6.45, 7) is 5.09. The van der Waals surface area contributed by atoms with Crippen molar-refractivity contribution in [1.82, 2.24) is 20.2 Å². The van der Waals surface area contributed by atoms with Gasteiger partial charge in [-0.2, -0.15) is 5.10 Å². The van der Waals surface area contributed by atoms with Crippen LogP contribution in [0, 0.1) is 0 Å². The number of rotatable bonds is 3. The van der Waals surface area contributed by atoms with Crippen molar-refractivity contribution in [2.75, 3.05) is 61.6 Å². The number of nitrogens with zero attached hydrogens (tertiary/aromatic N) is 7. The third kappa shape index (κ3) is 3.44. The molecule has 0 unspecified atom stereocenters. The Labute approximate surface area is 170 Å². The first-order chi connectivity index (χ1) is 14.2. The second-order valence-electron chi connectivity index (χ2n) is 7.74. The second kappa shape index (κ2) is 7.44. The van der Waals surface area contributed by atoms with Crippen LogP contribution >= 0.6 is 0 Å². The molecule has 8 nitrogen and oxygen atoms in total. The molecule has 2 aromatic heterocycles. The standard InChI is InChI=1S/C21H25N7O/c1-26(2)21-17-12-16(3-4-19(17)22-14-23-21)27-6-8-28(9-7-27)20-11-15-13-29-10-5-18(15)24-25-20/h3-4,11-12,14H,5-10,13H2,1-2H3. The summed E-state index contributed by atoms with van der Waals surface area (Å²) in [7, 11) is 4.02. The highest BCUT2D eigenvalue weighted by atomic mass is 16.5. The zero-order chi connectivity index (χ0) is 19.8. The van der Waals surface area contributed by atoms with Gasteiger partial charge in [0, 0.05) is 63.3 Å². The molecule has 150 valence electrons. The summed E-state index contributed by atoms with van der Waals surface area (Å²) in [5.41, 5.74) is 4.43. The van der Waals surface area contributed by atoms with Crippen molar-refractivity contribution in [1.29, 1.82) is 0 Å². The number of fused-ring (bicyclic) bond motifs is 2. The van der Waals surface area contributed by atoms with Gasteiger partial charge in [0.25, 0.3) is 0 Å². The lowest BCUT2D eigenvalue weighted by atomic mass is 10.1. The molecule has 8 heteroatoms. The van der Waals surface area contributed by atoms with Gasteiger partial charge in [0.2, 0.25) is 0 Å². The average molecular weight is 391 g/mol. The van der Waals surface area contributed by atoms with E-state index in [0.717, 1.165) is 67.4 Å². The molecule has 1 saturated heterocycles. The lowest BCUT2D eigenvalue weighted by Gasteiger charge is -2.37. The van der Waals surface area contributed by atoms with Gasteiger partial charge in [-0.25, -0.2) is 9.97 Å². The summed E-state index contributed by atoms with van der Waals surface area (Å²) >= 11 is 0. The molecule has 0 amide bonds. The molecule has 0 spiro atoms. The van der Waals surface area contributed by atoms with Gasteiger partial charge < -0.3 is 19.4 Å². The minimum Gasteiger partial charge on any atom is -0.376 e. The third-order valence-electron chi connectivity index (χ3n) is 5.68. The monoisotopic (exact) mass is 391 g/mol. The highest BCUT2D eigenvalue weighted by molar-refractivity contribution is 5.91. The van der Waals surface area contributed by atoms with Crippen molar-refractivity contribution < 1.29 is 4.74 Å². The Hall–Kier alpha value is -3.00. The van der Waals surface area contributed by atoms with E-state index in [-0.39, 0.29) is 0 Å². The lowest BCUT2D eigenvalue weighted by molar-refractivity contribution is 0.109. The maximum Gasteiger partial charge on any atom is 0.151 e. The van der Waals surface area contributed by atoms with E-state index < -0.39 is 0 Å². The van der Waals surface area contributed by atoms with Crippen LogP contribution in [0.25, 0.3) is 10.9 Å². The largest absolute Gasteiger partial charge is 0.376 e. The van der Waals surface area contributed by atoms with Gasteiger partial charge in [-0.15, -0.1) is 5.10 Å². The van der Waals surface area contributed by atoms with Crippen LogP contribution in [0.3, 0.4) is 0 Å².